The van der Waals surface area contributed by atoms with Crippen molar-refractivity contribution in [3.8, 4) is 0 Å². The summed E-state index contributed by atoms with van der Waals surface area (Å²) in [6.45, 7) is 1.38. The standard InChI is InChI=1S/C10H12O4/c1-7(11)9-4-2-3-8(12)5-6-10(13)14-9/h5-6,9H,2-4H2,1H3/b6-5-/t9-/m1/s1. The van der Waals surface area contributed by atoms with E-state index in [2.05, 4.69) is 0 Å². The highest BCUT2D eigenvalue weighted by atomic mass is 16.5. The summed E-state index contributed by atoms with van der Waals surface area (Å²) < 4.78 is 4.85. The second kappa shape index (κ2) is 4.69. The molecular formula is C10H12O4. The summed E-state index contributed by atoms with van der Waals surface area (Å²) in [6.07, 6.45) is 2.93. The van der Waals surface area contributed by atoms with Crippen LogP contribution in [0.2, 0.25) is 0 Å². The highest BCUT2D eigenvalue weighted by molar-refractivity contribution is 5.97. The number of allylic oxidation sites excluding steroid dienone is 1. The molecule has 4 heteroatoms. The predicted molar refractivity (Wildman–Crippen MR) is 48.6 cm³/mol. The first-order valence-corrected chi connectivity index (χ1v) is 4.51. The van der Waals surface area contributed by atoms with E-state index >= 15 is 0 Å². The van der Waals surface area contributed by atoms with Crippen LogP contribution in [0.1, 0.15) is 26.2 Å². The zero-order valence-corrected chi connectivity index (χ0v) is 7.99. The third kappa shape index (κ3) is 3.12. The van der Waals surface area contributed by atoms with E-state index in [4.69, 9.17) is 4.74 Å². The van der Waals surface area contributed by atoms with Crippen LogP contribution in [0.15, 0.2) is 12.2 Å². The van der Waals surface area contributed by atoms with Crippen LogP contribution in [0.4, 0.5) is 0 Å². The van der Waals surface area contributed by atoms with Crippen molar-refractivity contribution in [2.75, 3.05) is 0 Å². The fraction of sp³-hybridized carbons (Fsp3) is 0.500. The third-order valence-electron chi connectivity index (χ3n) is 2.01. The normalized spacial score (nSPS) is 25.6. The molecule has 0 N–H and O–H groups in total. The average molecular weight is 196 g/mol. The van der Waals surface area contributed by atoms with E-state index < -0.39 is 12.1 Å². The predicted octanol–water partition coefficient (Wildman–Crippen LogP) is 0.796. The molecule has 0 saturated heterocycles. The fourth-order valence-electron chi connectivity index (χ4n) is 1.23. The van der Waals surface area contributed by atoms with Crippen LogP contribution in [0.3, 0.4) is 0 Å². The Balaban J connectivity index is 2.70. The maximum absolute atomic E-state index is 11.0. The molecule has 0 bridgehead atoms. The number of hydrogen-bond donors (Lipinski definition) is 0. The minimum Gasteiger partial charge on any atom is -0.451 e. The molecule has 0 aromatic heterocycles. The zero-order chi connectivity index (χ0) is 10.6. The molecule has 1 aliphatic heterocycles. The first-order chi connectivity index (χ1) is 6.59. The van der Waals surface area contributed by atoms with Crippen molar-refractivity contribution in [3.63, 3.8) is 0 Å². The lowest BCUT2D eigenvalue weighted by molar-refractivity contribution is -0.150. The van der Waals surface area contributed by atoms with Crippen molar-refractivity contribution in [3.05, 3.63) is 12.2 Å². The number of carbonyl (C=O) groups excluding carboxylic acids is 3. The Morgan fingerprint density at radius 1 is 1.43 bits per heavy atom. The van der Waals surface area contributed by atoms with E-state index in [9.17, 15) is 14.4 Å². The highest BCUT2D eigenvalue weighted by Gasteiger charge is 2.19. The highest BCUT2D eigenvalue weighted by Crippen LogP contribution is 2.10. The lowest BCUT2D eigenvalue weighted by atomic mass is 10.1. The Morgan fingerprint density at radius 3 is 2.79 bits per heavy atom. The number of esters is 1. The monoisotopic (exact) mass is 196 g/mol. The van der Waals surface area contributed by atoms with Gasteiger partial charge in [-0.05, 0) is 25.8 Å². The molecule has 1 heterocycles. The van der Waals surface area contributed by atoms with Crippen molar-refractivity contribution in [1.29, 1.82) is 0 Å². The van der Waals surface area contributed by atoms with E-state index in [0.29, 0.717) is 19.3 Å². The summed E-state index contributed by atoms with van der Waals surface area (Å²) >= 11 is 0. The van der Waals surface area contributed by atoms with Gasteiger partial charge >= 0.3 is 5.97 Å². The second-order valence-corrected chi connectivity index (χ2v) is 3.23. The van der Waals surface area contributed by atoms with Gasteiger partial charge in [-0.2, -0.15) is 0 Å². The molecule has 0 spiro atoms. The van der Waals surface area contributed by atoms with Gasteiger partial charge < -0.3 is 4.74 Å². The average Bonchev–Trinajstić information content (AvgIpc) is 2.19. The SMILES string of the molecule is CC(=O)[C@H]1CCCC(=O)/C=C\C(=O)O1. The molecule has 0 aliphatic carbocycles. The Hall–Kier alpha value is -1.45. The quantitative estimate of drug-likeness (QED) is 0.582. The van der Waals surface area contributed by atoms with Gasteiger partial charge in [0.1, 0.15) is 0 Å². The Kier molecular flexibility index (Phi) is 3.56. The minimum absolute atomic E-state index is 0.105. The number of cyclic esters (lactones) is 1. The van der Waals surface area contributed by atoms with Crippen LogP contribution in [-0.2, 0) is 19.1 Å². The maximum atomic E-state index is 11.0. The Labute approximate surface area is 81.9 Å². The fourth-order valence-corrected chi connectivity index (χ4v) is 1.23. The summed E-state index contributed by atoms with van der Waals surface area (Å²) in [6, 6.07) is 0. The maximum Gasteiger partial charge on any atom is 0.331 e. The van der Waals surface area contributed by atoms with Gasteiger partial charge in [-0.15, -0.1) is 0 Å². The van der Waals surface area contributed by atoms with Crippen LogP contribution in [0.25, 0.3) is 0 Å². The van der Waals surface area contributed by atoms with Crippen LogP contribution >= 0.6 is 0 Å². The van der Waals surface area contributed by atoms with Gasteiger partial charge in [0.15, 0.2) is 17.7 Å². The molecule has 0 saturated carbocycles. The van der Waals surface area contributed by atoms with Crippen LogP contribution in [0.5, 0.6) is 0 Å². The number of hydrogen-bond acceptors (Lipinski definition) is 4. The minimum atomic E-state index is -0.696. The molecule has 4 nitrogen and oxygen atoms in total. The van der Waals surface area contributed by atoms with Crippen LogP contribution < -0.4 is 0 Å². The smallest absolute Gasteiger partial charge is 0.331 e. The number of rotatable bonds is 1. The molecule has 0 aromatic carbocycles. The summed E-state index contributed by atoms with van der Waals surface area (Å²) in [4.78, 5) is 33.1. The molecule has 1 atom stereocenters. The molecule has 0 aromatic rings. The first kappa shape index (κ1) is 10.6. The Morgan fingerprint density at radius 2 is 2.14 bits per heavy atom. The van der Waals surface area contributed by atoms with Crippen LogP contribution in [0, 0.1) is 0 Å². The van der Waals surface area contributed by atoms with E-state index in [1.54, 1.807) is 0 Å². The topological polar surface area (TPSA) is 60.4 Å². The first-order valence-electron chi connectivity index (χ1n) is 4.51. The summed E-state index contributed by atoms with van der Waals surface area (Å²) in [5.74, 6) is -0.910. The summed E-state index contributed by atoms with van der Waals surface area (Å²) in [5.41, 5.74) is 0. The third-order valence-corrected chi connectivity index (χ3v) is 2.01. The van der Waals surface area contributed by atoms with E-state index in [0.717, 1.165) is 6.08 Å². The van der Waals surface area contributed by atoms with E-state index in [-0.39, 0.29) is 11.6 Å². The zero-order valence-electron chi connectivity index (χ0n) is 7.99. The van der Waals surface area contributed by atoms with Crippen molar-refractivity contribution in [2.45, 2.75) is 32.3 Å². The molecule has 1 aliphatic rings. The van der Waals surface area contributed by atoms with Crippen molar-refractivity contribution in [2.24, 2.45) is 0 Å². The van der Waals surface area contributed by atoms with Gasteiger partial charge in [0.05, 0.1) is 0 Å². The number of ether oxygens (including phenoxy) is 1. The van der Waals surface area contributed by atoms with Crippen molar-refractivity contribution in [1.82, 2.24) is 0 Å². The van der Waals surface area contributed by atoms with Gasteiger partial charge in [0.25, 0.3) is 0 Å². The van der Waals surface area contributed by atoms with E-state index in [1.165, 1.54) is 13.0 Å². The molecule has 0 fully saturated rings. The van der Waals surface area contributed by atoms with Crippen LogP contribution in [-0.4, -0.2) is 23.6 Å². The van der Waals surface area contributed by atoms with Gasteiger partial charge in [-0.1, -0.05) is 0 Å². The van der Waals surface area contributed by atoms with E-state index in [1.807, 2.05) is 0 Å². The number of Topliss-reactive ketones (excluding diaryl/α,β-unsaturated/α-hetero) is 1. The van der Waals surface area contributed by atoms with Crippen molar-refractivity contribution >= 4 is 17.5 Å². The Bertz CT molecular complexity index is 290. The van der Waals surface area contributed by atoms with Gasteiger partial charge in [0.2, 0.25) is 0 Å². The largest absolute Gasteiger partial charge is 0.451 e. The molecule has 0 radical (unpaired) electrons. The lowest BCUT2D eigenvalue weighted by Gasteiger charge is -2.12. The van der Waals surface area contributed by atoms with Gasteiger partial charge in [0, 0.05) is 12.5 Å². The molecular weight excluding hydrogens is 184 g/mol. The molecule has 0 unspecified atom stereocenters. The van der Waals surface area contributed by atoms with Gasteiger partial charge in [-0.3, -0.25) is 9.59 Å². The summed E-state index contributed by atoms with van der Waals surface area (Å²) in [5, 5.41) is 0. The van der Waals surface area contributed by atoms with Gasteiger partial charge in [-0.25, -0.2) is 4.79 Å². The molecule has 14 heavy (non-hydrogen) atoms. The lowest BCUT2D eigenvalue weighted by Crippen LogP contribution is -2.24. The second-order valence-electron chi connectivity index (χ2n) is 3.23. The molecule has 76 valence electrons. The number of carbonyl (C=O) groups is 3. The molecule has 0 amide bonds. The van der Waals surface area contributed by atoms with Crippen molar-refractivity contribution < 1.29 is 19.1 Å². The number of ketones is 2. The molecule has 1 rings (SSSR count). The summed E-state index contributed by atoms with van der Waals surface area (Å²) in [7, 11) is 0.